The van der Waals surface area contributed by atoms with Crippen LogP contribution in [0.5, 0.6) is 0 Å². The molecule has 4 fully saturated rings. The number of aromatic amines is 1. The lowest BCUT2D eigenvalue weighted by atomic mass is 9.96. The van der Waals surface area contributed by atoms with E-state index < -0.39 is 0 Å². The van der Waals surface area contributed by atoms with Crippen LogP contribution >= 0.6 is 0 Å². The quantitative estimate of drug-likeness (QED) is 0.642. The fourth-order valence-electron chi connectivity index (χ4n) is 5.63. The second-order valence-corrected chi connectivity index (χ2v) is 10.4. The number of nitrogens with one attached hydrogen (secondary N) is 1. The molecule has 4 aliphatic rings. The number of oxazole rings is 1. The smallest absolute Gasteiger partial charge is 0.227 e. The molecule has 8 heteroatoms. The highest BCUT2D eigenvalue weighted by Crippen LogP contribution is 2.53. The second-order valence-electron chi connectivity index (χ2n) is 10.4. The molecule has 0 radical (unpaired) electrons. The molecule has 0 spiro atoms. The van der Waals surface area contributed by atoms with Crippen LogP contribution in [0.3, 0.4) is 0 Å². The Bertz CT molecular complexity index is 1200. The first-order valence-corrected chi connectivity index (χ1v) is 12.6. The van der Waals surface area contributed by atoms with Crippen LogP contribution in [0.25, 0.3) is 11.2 Å². The number of anilines is 1. The van der Waals surface area contributed by atoms with E-state index in [1.807, 2.05) is 6.26 Å². The van der Waals surface area contributed by atoms with E-state index in [0.717, 1.165) is 99.1 Å². The van der Waals surface area contributed by atoms with Crippen LogP contribution in [0.15, 0.2) is 22.8 Å². The molecule has 1 amide bonds. The molecule has 2 saturated heterocycles. The van der Waals surface area contributed by atoms with E-state index in [1.54, 1.807) is 0 Å². The third kappa shape index (κ3) is 3.33. The van der Waals surface area contributed by atoms with Gasteiger partial charge in [-0.15, -0.1) is 0 Å². The Labute approximate surface area is 192 Å². The molecule has 2 saturated carbocycles. The molecule has 1 atom stereocenters. The van der Waals surface area contributed by atoms with Gasteiger partial charge < -0.3 is 19.2 Å². The lowest BCUT2D eigenvalue weighted by Crippen LogP contribution is -2.44. The molecule has 172 valence electrons. The number of hydrogen-bond acceptors (Lipinski definition) is 6. The summed E-state index contributed by atoms with van der Waals surface area (Å²) in [6, 6.07) is 4.14. The Kier molecular flexibility index (Phi) is 4.33. The number of amides is 1. The van der Waals surface area contributed by atoms with Crippen LogP contribution in [-0.2, 0) is 10.2 Å². The highest BCUT2D eigenvalue weighted by Gasteiger charge is 2.51. The molecule has 3 aromatic heterocycles. The predicted molar refractivity (Wildman–Crippen MR) is 123 cm³/mol. The zero-order chi connectivity index (χ0) is 22.0. The van der Waals surface area contributed by atoms with Gasteiger partial charge in [-0.2, -0.15) is 0 Å². The van der Waals surface area contributed by atoms with Gasteiger partial charge in [0.1, 0.15) is 17.9 Å². The topological polar surface area (TPSA) is 91.2 Å². The van der Waals surface area contributed by atoms with Crippen LogP contribution in [0.1, 0.15) is 74.7 Å². The van der Waals surface area contributed by atoms with Crippen molar-refractivity contribution in [2.75, 3.05) is 31.1 Å². The van der Waals surface area contributed by atoms with Crippen molar-refractivity contribution in [3.63, 3.8) is 0 Å². The van der Waals surface area contributed by atoms with Crippen molar-refractivity contribution in [2.45, 2.75) is 62.7 Å². The summed E-state index contributed by atoms with van der Waals surface area (Å²) in [5.41, 5.74) is 2.54. The maximum atomic E-state index is 12.9. The largest absolute Gasteiger partial charge is 0.448 e. The van der Waals surface area contributed by atoms with Crippen LogP contribution in [0, 0.1) is 5.92 Å². The molecule has 1 N–H and O–H groups in total. The molecular formula is C25H30N6O2. The number of aromatic nitrogens is 4. The van der Waals surface area contributed by atoms with Gasteiger partial charge in [0.25, 0.3) is 0 Å². The van der Waals surface area contributed by atoms with Gasteiger partial charge in [0.2, 0.25) is 5.91 Å². The second kappa shape index (κ2) is 7.30. The summed E-state index contributed by atoms with van der Waals surface area (Å²) in [5, 5.41) is 0. The minimum atomic E-state index is -0.157. The molecule has 7 rings (SSSR count). The van der Waals surface area contributed by atoms with Crippen molar-refractivity contribution in [1.82, 2.24) is 24.8 Å². The number of piperidine rings is 1. The van der Waals surface area contributed by atoms with Gasteiger partial charge >= 0.3 is 0 Å². The molecule has 5 heterocycles. The van der Waals surface area contributed by atoms with Gasteiger partial charge in [0.05, 0.1) is 22.5 Å². The Morgan fingerprint density at radius 1 is 1.03 bits per heavy atom. The standard InChI is InChI=1S/C25H30N6O2/c32-23(30-11-1-2-12-30)17-4-3-13-31(14-17)20-8-7-18-21(28-20)29-24(26-18)25(9-10-25)19-15-33-22(27-19)16-5-6-16/h7-8,15-17H,1-6,9-14H2,(H,26,28,29)/t17-/m1/s1. The Morgan fingerprint density at radius 3 is 2.67 bits per heavy atom. The van der Waals surface area contributed by atoms with Gasteiger partial charge in [-0.25, -0.2) is 15.0 Å². The zero-order valence-corrected chi connectivity index (χ0v) is 18.9. The molecule has 2 aliphatic carbocycles. The van der Waals surface area contributed by atoms with Gasteiger partial charge in [0, 0.05) is 32.1 Å². The van der Waals surface area contributed by atoms with E-state index in [9.17, 15) is 4.79 Å². The fraction of sp³-hybridized carbons (Fsp3) is 0.600. The summed E-state index contributed by atoms with van der Waals surface area (Å²) >= 11 is 0. The van der Waals surface area contributed by atoms with Crippen LogP contribution in [0.2, 0.25) is 0 Å². The number of carbonyl (C=O) groups is 1. The van der Waals surface area contributed by atoms with Gasteiger partial charge in [0.15, 0.2) is 11.5 Å². The lowest BCUT2D eigenvalue weighted by molar-refractivity contribution is -0.134. The Morgan fingerprint density at radius 2 is 1.88 bits per heavy atom. The third-order valence-electron chi connectivity index (χ3n) is 7.99. The number of nitrogens with zero attached hydrogens (tertiary/aromatic N) is 5. The van der Waals surface area contributed by atoms with E-state index >= 15 is 0 Å². The SMILES string of the molecule is O=C([C@@H]1CCCN(c2ccc3[nH]c(C4(c5coc(C6CC6)n5)CC4)nc3n2)C1)N1CCCC1. The zero-order valence-electron chi connectivity index (χ0n) is 18.9. The summed E-state index contributed by atoms with van der Waals surface area (Å²) in [6.45, 7) is 3.53. The molecule has 2 aliphatic heterocycles. The van der Waals surface area contributed by atoms with E-state index in [0.29, 0.717) is 11.8 Å². The molecule has 0 unspecified atom stereocenters. The van der Waals surface area contributed by atoms with Crippen molar-refractivity contribution < 1.29 is 9.21 Å². The fourth-order valence-corrected chi connectivity index (χ4v) is 5.63. The Balaban J connectivity index is 1.13. The molecule has 33 heavy (non-hydrogen) atoms. The van der Waals surface area contributed by atoms with Crippen LogP contribution < -0.4 is 4.90 Å². The van der Waals surface area contributed by atoms with Crippen LogP contribution in [-0.4, -0.2) is 56.9 Å². The normalized spacial score (nSPS) is 24.5. The number of rotatable bonds is 5. The Hall–Kier alpha value is -2.90. The number of hydrogen-bond donors (Lipinski definition) is 1. The monoisotopic (exact) mass is 446 g/mol. The molecular weight excluding hydrogens is 416 g/mol. The maximum absolute atomic E-state index is 12.9. The van der Waals surface area contributed by atoms with Crippen LogP contribution in [0.4, 0.5) is 5.82 Å². The molecule has 0 bridgehead atoms. The molecule has 8 nitrogen and oxygen atoms in total. The maximum Gasteiger partial charge on any atom is 0.227 e. The van der Waals surface area contributed by atoms with E-state index in [4.69, 9.17) is 19.4 Å². The van der Waals surface area contributed by atoms with Gasteiger partial charge in [-0.1, -0.05) is 0 Å². The van der Waals surface area contributed by atoms with Crippen molar-refractivity contribution in [3.8, 4) is 0 Å². The van der Waals surface area contributed by atoms with E-state index in [2.05, 4.69) is 26.9 Å². The average molecular weight is 447 g/mol. The number of H-pyrrole nitrogens is 1. The minimum Gasteiger partial charge on any atom is -0.448 e. The first kappa shape index (κ1) is 19.6. The van der Waals surface area contributed by atoms with Gasteiger partial charge in [-0.3, -0.25) is 4.79 Å². The van der Waals surface area contributed by atoms with Crippen molar-refractivity contribution in [3.05, 3.63) is 35.8 Å². The first-order valence-electron chi connectivity index (χ1n) is 12.6. The summed E-state index contributed by atoms with van der Waals surface area (Å²) in [7, 11) is 0. The summed E-state index contributed by atoms with van der Waals surface area (Å²) in [5.74, 6) is 3.66. The summed E-state index contributed by atoms with van der Waals surface area (Å²) < 4.78 is 5.77. The third-order valence-corrected chi connectivity index (χ3v) is 7.99. The minimum absolute atomic E-state index is 0.0756. The first-order chi connectivity index (χ1) is 16.2. The summed E-state index contributed by atoms with van der Waals surface area (Å²) in [4.78, 5) is 35.4. The lowest BCUT2D eigenvalue weighted by Gasteiger charge is -2.34. The van der Waals surface area contributed by atoms with Crippen molar-refractivity contribution in [2.24, 2.45) is 5.92 Å². The highest BCUT2D eigenvalue weighted by molar-refractivity contribution is 5.80. The predicted octanol–water partition coefficient (Wildman–Crippen LogP) is 3.74. The van der Waals surface area contributed by atoms with Crippen molar-refractivity contribution in [1.29, 1.82) is 0 Å². The molecule has 0 aromatic carbocycles. The number of pyridine rings is 1. The number of carbonyl (C=O) groups excluding carboxylic acids is 1. The van der Waals surface area contributed by atoms with E-state index in [1.165, 1.54) is 12.8 Å². The van der Waals surface area contributed by atoms with E-state index in [-0.39, 0.29) is 11.3 Å². The average Bonchev–Trinajstić information content (AvgIpc) is 3.67. The number of imidazole rings is 1. The summed E-state index contributed by atoms with van der Waals surface area (Å²) in [6.07, 6.45) is 10.5. The highest BCUT2D eigenvalue weighted by atomic mass is 16.3. The number of fused-ring (bicyclic) bond motifs is 1. The molecule has 3 aromatic rings. The number of likely N-dealkylation sites (tertiary alicyclic amines) is 1. The van der Waals surface area contributed by atoms with Gasteiger partial charge in [-0.05, 0) is 63.5 Å². The van der Waals surface area contributed by atoms with Crippen molar-refractivity contribution >= 4 is 22.9 Å².